The molecule has 0 aromatic carbocycles. The van der Waals surface area contributed by atoms with Gasteiger partial charge in [0.25, 0.3) is 0 Å². The molecule has 0 aliphatic heterocycles. The van der Waals surface area contributed by atoms with Gasteiger partial charge in [0.15, 0.2) is 0 Å². The van der Waals surface area contributed by atoms with Gasteiger partial charge in [0.05, 0.1) is 5.56 Å². The van der Waals surface area contributed by atoms with Crippen molar-refractivity contribution in [1.82, 2.24) is 0 Å². The van der Waals surface area contributed by atoms with E-state index >= 15 is 0 Å². The van der Waals surface area contributed by atoms with Gasteiger partial charge in [-0.2, -0.15) is 11.3 Å². The fraction of sp³-hybridized carbons (Fsp3) is 0. The molecule has 1 aromatic heterocycles. The van der Waals surface area contributed by atoms with Gasteiger partial charge in [-0.3, -0.25) is 0 Å². The molecule has 0 aliphatic rings. The van der Waals surface area contributed by atoms with Crippen LogP contribution >= 0.6 is 11.3 Å². The minimum Gasteiger partial charge on any atom is -1.00 e. The van der Waals surface area contributed by atoms with E-state index in [4.69, 9.17) is 5.11 Å². The standard InChI is InChI=1S/C5H4O2S.Na.H/c6-5(7)4-1-2-8-3-4;;/h1-3H,(H,6,7);;/q;+1;-1. The van der Waals surface area contributed by atoms with E-state index in [9.17, 15) is 4.79 Å². The molecule has 0 atom stereocenters. The second-order valence-corrected chi connectivity index (χ2v) is 2.10. The van der Waals surface area contributed by atoms with E-state index in [0.717, 1.165) is 0 Å². The van der Waals surface area contributed by atoms with Crippen LogP contribution in [0.2, 0.25) is 0 Å². The van der Waals surface area contributed by atoms with Crippen molar-refractivity contribution in [1.29, 1.82) is 0 Å². The van der Waals surface area contributed by atoms with Gasteiger partial charge in [0, 0.05) is 5.38 Å². The summed E-state index contributed by atoms with van der Waals surface area (Å²) in [6.45, 7) is 0. The topological polar surface area (TPSA) is 37.3 Å². The van der Waals surface area contributed by atoms with Gasteiger partial charge >= 0.3 is 35.5 Å². The number of carboxylic acid groups (broad SMARTS) is 1. The number of carboxylic acids is 1. The van der Waals surface area contributed by atoms with Crippen LogP contribution in [0, 0.1) is 0 Å². The fourth-order valence-electron chi connectivity index (χ4n) is 0.386. The van der Waals surface area contributed by atoms with Crippen LogP contribution in [-0.2, 0) is 0 Å². The van der Waals surface area contributed by atoms with Gasteiger partial charge in [0.1, 0.15) is 0 Å². The van der Waals surface area contributed by atoms with Crippen LogP contribution in [0.3, 0.4) is 0 Å². The van der Waals surface area contributed by atoms with Crippen molar-refractivity contribution in [2.75, 3.05) is 0 Å². The molecule has 1 N–H and O–H groups in total. The molecule has 0 aliphatic carbocycles. The molecular formula is C5H5NaO2S. The van der Waals surface area contributed by atoms with Gasteiger partial charge in [0.2, 0.25) is 0 Å². The molecule has 9 heavy (non-hydrogen) atoms. The van der Waals surface area contributed by atoms with E-state index in [2.05, 4.69) is 0 Å². The van der Waals surface area contributed by atoms with Crippen molar-refractivity contribution in [3.63, 3.8) is 0 Å². The summed E-state index contributed by atoms with van der Waals surface area (Å²) in [4.78, 5) is 10.1. The average molecular weight is 152 g/mol. The monoisotopic (exact) mass is 152 g/mol. The van der Waals surface area contributed by atoms with Crippen LogP contribution in [0.15, 0.2) is 16.8 Å². The molecule has 0 saturated heterocycles. The zero-order chi connectivity index (χ0) is 5.98. The quantitative estimate of drug-likeness (QED) is 0.500. The molecule has 4 heteroatoms. The van der Waals surface area contributed by atoms with Crippen molar-refractivity contribution in [3.8, 4) is 0 Å². The van der Waals surface area contributed by atoms with Gasteiger partial charge in [-0.25, -0.2) is 4.79 Å². The Balaban J connectivity index is 0. The zero-order valence-corrected chi connectivity index (χ0v) is 7.81. The predicted molar refractivity (Wildman–Crippen MR) is 32.4 cm³/mol. The number of aromatic carboxylic acids is 1. The van der Waals surface area contributed by atoms with Crippen molar-refractivity contribution < 1.29 is 40.9 Å². The SMILES string of the molecule is O=C(O)c1ccsc1.[H-].[Na+]. The molecule has 1 heterocycles. The van der Waals surface area contributed by atoms with E-state index in [-0.39, 0.29) is 31.0 Å². The molecule has 0 radical (unpaired) electrons. The predicted octanol–water partition coefficient (Wildman–Crippen LogP) is -1.44. The smallest absolute Gasteiger partial charge is 1.00 e. The minimum absolute atomic E-state index is 0. The van der Waals surface area contributed by atoms with Gasteiger partial charge < -0.3 is 6.53 Å². The second kappa shape index (κ2) is 4.06. The van der Waals surface area contributed by atoms with Crippen molar-refractivity contribution in [2.24, 2.45) is 0 Å². The average Bonchev–Trinajstić information content (AvgIpc) is 2.12. The number of rotatable bonds is 1. The van der Waals surface area contributed by atoms with Crippen LogP contribution in [0.4, 0.5) is 0 Å². The maximum absolute atomic E-state index is 10.1. The van der Waals surface area contributed by atoms with Crippen molar-refractivity contribution in [3.05, 3.63) is 22.4 Å². The van der Waals surface area contributed by atoms with Gasteiger partial charge in [-0.05, 0) is 11.4 Å². The Morgan fingerprint density at radius 1 is 1.78 bits per heavy atom. The Hall–Kier alpha value is 0.170. The van der Waals surface area contributed by atoms with Crippen molar-refractivity contribution >= 4 is 17.3 Å². The number of thiophene rings is 1. The molecule has 1 rings (SSSR count). The molecular weight excluding hydrogens is 147 g/mol. The third-order valence-electron chi connectivity index (χ3n) is 0.768. The summed E-state index contributed by atoms with van der Waals surface area (Å²) in [6, 6.07) is 1.58. The van der Waals surface area contributed by atoms with Gasteiger partial charge in [-0.1, -0.05) is 0 Å². The zero-order valence-electron chi connectivity index (χ0n) is 6.00. The molecule has 0 unspecified atom stereocenters. The normalized spacial score (nSPS) is 8.00. The van der Waals surface area contributed by atoms with E-state index in [1.54, 1.807) is 16.8 Å². The summed E-state index contributed by atoms with van der Waals surface area (Å²) in [7, 11) is 0. The summed E-state index contributed by atoms with van der Waals surface area (Å²) in [5.74, 6) is -0.855. The number of carbonyl (C=O) groups is 1. The summed E-state index contributed by atoms with van der Waals surface area (Å²) < 4.78 is 0. The van der Waals surface area contributed by atoms with Crippen LogP contribution in [0.25, 0.3) is 0 Å². The maximum Gasteiger partial charge on any atom is 1.00 e. The minimum atomic E-state index is -0.855. The van der Waals surface area contributed by atoms with Crippen LogP contribution < -0.4 is 29.6 Å². The van der Waals surface area contributed by atoms with Crippen LogP contribution in [0.5, 0.6) is 0 Å². The van der Waals surface area contributed by atoms with Crippen LogP contribution in [-0.4, -0.2) is 11.1 Å². The third-order valence-corrected chi connectivity index (χ3v) is 1.45. The van der Waals surface area contributed by atoms with Crippen molar-refractivity contribution in [2.45, 2.75) is 0 Å². The second-order valence-electron chi connectivity index (χ2n) is 1.32. The Morgan fingerprint density at radius 3 is 2.67 bits per heavy atom. The summed E-state index contributed by atoms with van der Waals surface area (Å²) >= 11 is 1.39. The molecule has 0 spiro atoms. The van der Waals surface area contributed by atoms with E-state index in [1.807, 2.05) is 0 Å². The molecule has 44 valence electrons. The fourth-order valence-corrected chi connectivity index (χ4v) is 1.02. The number of hydrogen-bond donors (Lipinski definition) is 1. The van der Waals surface area contributed by atoms with Crippen LogP contribution in [0.1, 0.15) is 11.8 Å². The summed E-state index contributed by atoms with van der Waals surface area (Å²) in [5.41, 5.74) is 0.370. The first-order chi connectivity index (χ1) is 3.80. The van der Waals surface area contributed by atoms with E-state index in [1.165, 1.54) is 11.3 Å². The Labute approximate surface area is 80.3 Å². The summed E-state index contributed by atoms with van der Waals surface area (Å²) in [5, 5.41) is 11.6. The summed E-state index contributed by atoms with van der Waals surface area (Å²) in [6.07, 6.45) is 0. The molecule has 0 saturated carbocycles. The first-order valence-electron chi connectivity index (χ1n) is 2.06. The van der Waals surface area contributed by atoms with E-state index in [0.29, 0.717) is 5.56 Å². The Kier molecular flexibility index (Phi) is 4.14. The first kappa shape index (κ1) is 9.17. The molecule has 0 fully saturated rings. The maximum atomic E-state index is 10.1. The third kappa shape index (κ3) is 2.49. The molecule has 0 amide bonds. The molecule has 0 bridgehead atoms. The molecule has 1 aromatic rings. The first-order valence-corrected chi connectivity index (χ1v) is 3.00. The Morgan fingerprint density at radius 2 is 2.44 bits per heavy atom. The Bertz CT molecular complexity index is 188. The van der Waals surface area contributed by atoms with Gasteiger partial charge in [-0.15, -0.1) is 0 Å². The largest absolute Gasteiger partial charge is 1.00 e. The number of hydrogen-bond acceptors (Lipinski definition) is 2. The van der Waals surface area contributed by atoms with E-state index < -0.39 is 5.97 Å². The molecule has 2 nitrogen and oxygen atoms in total.